The maximum absolute atomic E-state index is 13.9. The number of nitrogens with zero attached hydrogens (tertiary/aromatic N) is 4. The molecule has 1 aliphatic heterocycles. The van der Waals surface area contributed by atoms with Crippen LogP contribution in [-0.2, 0) is 11.3 Å². The van der Waals surface area contributed by atoms with Crippen LogP contribution < -0.4 is 16.2 Å². The van der Waals surface area contributed by atoms with Crippen molar-refractivity contribution >= 4 is 29.1 Å². The van der Waals surface area contributed by atoms with E-state index < -0.39 is 23.8 Å². The lowest BCUT2D eigenvalue weighted by atomic mass is 10.1. The quantitative estimate of drug-likeness (QED) is 0.531. The number of aromatic nitrogens is 2. The van der Waals surface area contributed by atoms with Gasteiger partial charge in [0.1, 0.15) is 12.4 Å². The van der Waals surface area contributed by atoms with Crippen molar-refractivity contribution in [2.75, 3.05) is 18.4 Å². The molecule has 0 unspecified atom stereocenters. The second-order valence-electron chi connectivity index (χ2n) is 8.98. The highest BCUT2D eigenvalue weighted by molar-refractivity contribution is 6.30. The van der Waals surface area contributed by atoms with Gasteiger partial charge in [-0.1, -0.05) is 17.7 Å². The van der Waals surface area contributed by atoms with Crippen LogP contribution in [0.3, 0.4) is 0 Å². The maximum atomic E-state index is 13.9. The van der Waals surface area contributed by atoms with E-state index in [0.717, 1.165) is 4.68 Å². The Morgan fingerprint density at radius 2 is 1.89 bits per heavy atom. The number of piperazine rings is 1. The summed E-state index contributed by atoms with van der Waals surface area (Å²) in [6.45, 7) is 4.58. The number of amides is 2. The van der Waals surface area contributed by atoms with Gasteiger partial charge in [0.15, 0.2) is 0 Å². The molecule has 2 N–H and O–H groups in total. The van der Waals surface area contributed by atoms with Crippen LogP contribution in [0.5, 0.6) is 0 Å². The molecule has 37 heavy (non-hydrogen) atoms. The minimum atomic E-state index is -0.635. The molecule has 2 aromatic carbocycles. The summed E-state index contributed by atoms with van der Waals surface area (Å²) in [4.78, 5) is 39.9. The van der Waals surface area contributed by atoms with Crippen molar-refractivity contribution < 1.29 is 14.0 Å². The Labute approximate surface area is 217 Å². The number of nitrogens with one attached hydrogen (secondary N) is 2. The highest BCUT2D eigenvalue weighted by atomic mass is 35.5. The lowest BCUT2D eigenvalue weighted by molar-refractivity contribution is -0.117. The highest BCUT2D eigenvalue weighted by Gasteiger charge is 2.26. The average molecular weight is 523 g/mol. The van der Waals surface area contributed by atoms with Crippen LogP contribution >= 0.6 is 11.6 Å². The molecule has 1 fully saturated rings. The molecule has 3 aromatic rings. The number of carbonyl (C=O) groups excluding carboxylic acids is 2. The van der Waals surface area contributed by atoms with Crippen LogP contribution in [0.1, 0.15) is 29.8 Å². The zero-order chi connectivity index (χ0) is 26.7. The van der Waals surface area contributed by atoms with Crippen molar-refractivity contribution in [2.24, 2.45) is 0 Å². The third-order valence-electron chi connectivity index (χ3n) is 5.81. The molecule has 1 aromatic heterocycles. The van der Waals surface area contributed by atoms with E-state index in [0.29, 0.717) is 18.7 Å². The molecule has 2 atom stereocenters. The zero-order valence-electron chi connectivity index (χ0n) is 20.2. The molecule has 1 aliphatic rings. The van der Waals surface area contributed by atoms with E-state index in [9.17, 15) is 24.0 Å². The normalized spacial score (nSPS) is 17.2. The predicted octanol–water partition coefficient (Wildman–Crippen LogP) is 3.04. The third kappa shape index (κ3) is 6.20. The Bertz CT molecular complexity index is 1460. The van der Waals surface area contributed by atoms with Gasteiger partial charge in [0.25, 0.3) is 11.5 Å². The van der Waals surface area contributed by atoms with Crippen LogP contribution in [0.4, 0.5) is 10.1 Å². The zero-order valence-corrected chi connectivity index (χ0v) is 20.9. The van der Waals surface area contributed by atoms with Gasteiger partial charge in [-0.15, -0.1) is 0 Å². The summed E-state index contributed by atoms with van der Waals surface area (Å²) in [5.74, 6) is -1.47. The standard InChI is InChI=1S/C26H24ClFN6O3/c1-15-12-33(13-16(2)30-15)26(37)19-7-17(11-29)8-20(9-19)31-24(35)14-34-25(36)6-5-23(32-34)18-3-4-21(27)22(28)10-18/h3-10,15-16,30H,12-14H2,1-2H3,(H,31,35)/t15-,16-/m0/s1. The fourth-order valence-corrected chi connectivity index (χ4v) is 4.39. The SMILES string of the molecule is C[C@H]1CN(C(=O)c2cc(C#N)cc(NC(=O)Cn3nc(-c4ccc(Cl)c(F)c4)ccc3=O)c2)C[C@H](C)N1. The topological polar surface area (TPSA) is 120 Å². The second kappa shape index (κ2) is 10.9. The molecule has 9 nitrogen and oxygen atoms in total. The summed E-state index contributed by atoms with van der Waals surface area (Å²) in [7, 11) is 0. The van der Waals surface area contributed by atoms with Crippen molar-refractivity contribution in [3.8, 4) is 17.3 Å². The summed E-state index contributed by atoms with van der Waals surface area (Å²) < 4.78 is 14.8. The van der Waals surface area contributed by atoms with Crippen LogP contribution in [0.15, 0.2) is 53.3 Å². The first-order valence-electron chi connectivity index (χ1n) is 11.6. The van der Waals surface area contributed by atoms with E-state index >= 15 is 0 Å². The van der Waals surface area contributed by atoms with Gasteiger partial charge in [0.2, 0.25) is 5.91 Å². The molecule has 4 rings (SSSR count). The van der Waals surface area contributed by atoms with E-state index in [1.54, 1.807) is 11.0 Å². The lowest BCUT2D eigenvalue weighted by Crippen LogP contribution is -2.55. The lowest BCUT2D eigenvalue weighted by Gasteiger charge is -2.36. The molecule has 0 aliphatic carbocycles. The molecular weight excluding hydrogens is 499 g/mol. The minimum absolute atomic E-state index is 0.0464. The van der Waals surface area contributed by atoms with E-state index in [4.69, 9.17) is 11.6 Å². The largest absolute Gasteiger partial charge is 0.336 e. The molecule has 2 heterocycles. The van der Waals surface area contributed by atoms with Crippen molar-refractivity contribution in [3.05, 3.63) is 80.9 Å². The van der Waals surface area contributed by atoms with Gasteiger partial charge in [-0.05, 0) is 50.2 Å². The van der Waals surface area contributed by atoms with E-state index in [1.165, 1.54) is 42.5 Å². The summed E-state index contributed by atoms with van der Waals surface area (Å²) in [5.41, 5.74) is 0.862. The molecule has 0 bridgehead atoms. The first-order chi connectivity index (χ1) is 17.6. The first kappa shape index (κ1) is 26.0. The number of hydrogen-bond donors (Lipinski definition) is 2. The number of anilines is 1. The Balaban J connectivity index is 1.53. The summed E-state index contributed by atoms with van der Waals surface area (Å²) in [6.07, 6.45) is 0. The molecular formula is C26H24ClFN6O3. The van der Waals surface area contributed by atoms with E-state index in [-0.39, 0.29) is 45.5 Å². The van der Waals surface area contributed by atoms with Crippen LogP contribution in [-0.4, -0.2) is 51.7 Å². The van der Waals surface area contributed by atoms with Crippen molar-refractivity contribution in [1.82, 2.24) is 20.0 Å². The number of carbonyl (C=O) groups is 2. The molecule has 190 valence electrons. The van der Waals surface area contributed by atoms with Crippen molar-refractivity contribution in [3.63, 3.8) is 0 Å². The van der Waals surface area contributed by atoms with Gasteiger partial charge in [0.05, 0.1) is 22.3 Å². The monoisotopic (exact) mass is 522 g/mol. The van der Waals surface area contributed by atoms with Crippen LogP contribution in [0, 0.1) is 17.1 Å². The van der Waals surface area contributed by atoms with Gasteiger partial charge in [0, 0.05) is 48.1 Å². The van der Waals surface area contributed by atoms with E-state index in [1.807, 2.05) is 19.9 Å². The number of rotatable bonds is 5. The summed E-state index contributed by atoms with van der Waals surface area (Å²) >= 11 is 5.73. The molecule has 1 saturated heterocycles. The third-order valence-corrected chi connectivity index (χ3v) is 6.12. The van der Waals surface area contributed by atoms with Crippen LogP contribution in [0.25, 0.3) is 11.3 Å². The van der Waals surface area contributed by atoms with Crippen LogP contribution in [0.2, 0.25) is 5.02 Å². The summed E-state index contributed by atoms with van der Waals surface area (Å²) in [6, 6.07) is 13.4. The number of nitriles is 1. The fourth-order valence-electron chi connectivity index (χ4n) is 4.27. The Kier molecular flexibility index (Phi) is 7.66. The predicted molar refractivity (Wildman–Crippen MR) is 137 cm³/mol. The Morgan fingerprint density at radius 3 is 2.57 bits per heavy atom. The van der Waals surface area contributed by atoms with E-state index in [2.05, 4.69) is 15.7 Å². The van der Waals surface area contributed by atoms with Gasteiger partial charge in [-0.25, -0.2) is 9.07 Å². The van der Waals surface area contributed by atoms with Gasteiger partial charge in [-0.3, -0.25) is 14.4 Å². The fraction of sp³-hybridized carbons (Fsp3) is 0.269. The smallest absolute Gasteiger partial charge is 0.267 e. The second-order valence-corrected chi connectivity index (χ2v) is 9.39. The molecule has 0 saturated carbocycles. The molecule has 0 radical (unpaired) electrons. The van der Waals surface area contributed by atoms with Gasteiger partial charge in [-0.2, -0.15) is 10.4 Å². The molecule has 11 heteroatoms. The number of halogens is 2. The van der Waals surface area contributed by atoms with Crippen molar-refractivity contribution in [2.45, 2.75) is 32.5 Å². The van der Waals surface area contributed by atoms with Gasteiger partial charge < -0.3 is 15.5 Å². The first-order valence-corrected chi connectivity index (χ1v) is 11.9. The number of benzene rings is 2. The highest BCUT2D eigenvalue weighted by Crippen LogP contribution is 2.22. The molecule has 2 amide bonds. The number of hydrogen-bond acceptors (Lipinski definition) is 6. The average Bonchev–Trinajstić information content (AvgIpc) is 2.85. The Hall–Kier alpha value is -4.07. The maximum Gasteiger partial charge on any atom is 0.267 e. The van der Waals surface area contributed by atoms with Gasteiger partial charge >= 0.3 is 0 Å². The minimum Gasteiger partial charge on any atom is -0.336 e. The van der Waals surface area contributed by atoms with Crippen molar-refractivity contribution in [1.29, 1.82) is 5.26 Å². The Morgan fingerprint density at radius 1 is 1.16 bits per heavy atom. The summed E-state index contributed by atoms with van der Waals surface area (Å²) in [5, 5.41) is 19.6. The molecule has 0 spiro atoms.